The lowest BCUT2D eigenvalue weighted by Crippen LogP contribution is -2.65. The van der Waals surface area contributed by atoms with Crippen molar-refractivity contribution in [3.05, 3.63) is 29.0 Å². The van der Waals surface area contributed by atoms with Crippen molar-refractivity contribution in [3.63, 3.8) is 0 Å². The molecule has 2 nitrogen and oxygen atoms in total. The fraction of sp³-hybridized carbons (Fsp3) is 0.647. The Bertz CT molecular complexity index is 486. The first-order valence-electron chi connectivity index (χ1n) is 7.89. The molecule has 0 aliphatic carbocycles. The summed E-state index contributed by atoms with van der Waals surface area (Å²) in [6, 6.07) is 4.98. The van der Waals surface area contributed by atoms with Crippen LogP contribution in [-0.4, -0.2) is 24.7 Å². The first kappa shape index (κ1) is 16.6. The van der Waals surface area contributed by atoms with E-state index in [1.165, 1.54) is 6.07 Å². The zero-order valence-electron chi connectivity index (χ0n) is 13.4. The van der Waals surface area contributed by atoms with Gasteiger partial charge in [-0.1, -0.05) is 39.3 Å². The normalized spacial score (nSPS) is 21.9. The van der Waals surface area contributed by atoms with Gasteiger partial charge in [0.15, 0.2) is 0 Å². The Labute approximate surface area is 132 Å². The number of benzene rings is 1. The van der Waals surface area contributed by atoms with Gasteiger partial charge in [0.25, 0.3) is 0 Å². The van der Waals surface area contributed by atoms with E-state index < -0.39 is 0 Å². The molecule has 4 heteroatoms. The van der Waals surface area contributed by atoms with Crippen LogP contribution in [0.3, 0.4) is 0 Å². The highest BCUT2D eigenvalue weighted by molar-refractivity contribution is 6.33. The van der Waals surface area contributed by atoms with E-state index in [9.17, 15) is 4.39 Å². The van der Waals surface area contributed by atoms with Crippen molar-refractivity contribution in [2.45, 2.75) is 52.1 Å². The summed E-state index contributed by atoms with van der Waals surface area (Å²) < 4.78 is 13.7. The fourth-order valence-electron chi connectivity index (χ4n) is 3.22. The highest BCUT2D eigenvalue weighted by atomic mass is 35.5. The molecule has 1 aliphatic rings. The molecule has 0 radical (unpaired) electrons. The second-order valence-electron chi connectivity index (χ2n) is 6.40. The third kappa shape index (κ3) is 3.35. The summed E-state index contributed by atoms with van der Waals surface area (Å²) in [5, 5.41) is 4.35. The maximum absolute atomic E-state index is 13.7. The van der Waals surface area contributed by atoms with Crippen LogP contribution in [-0.2, 0) is 0 Å². The quantitative estimate of drug-likeness (QED) is 0.882. The Kier molecular flexibility index (Phi) is 5.15. The third-order valence-corrected chi connectivity index (χ3v) is 5.22. The minimum atomic E-state index is -0.228. The van der Waals surface area contributed by atoms with Gasteiger partial charge in [-0.05, 0) is 37.0 Å². The minimum Gasteiger partial charge on any atom is -0.364 e. The maximum atomic E-state index is 13.7. The Morgan fingerprint density at radius 1 is 1.38 bits per heavy atom. The Balaban J connectivity index is 2.40. The number of piperazine rings is 1. The highest BCUT2D eigenvalue weighted by Gasteiger charge is 2.38. The van der Waals surface area contributed by atoms with Crippen LogP contribution in [0.25, 0.3) is 0 Å². The third-order valence-electron chi connectivity index (χ3n) is 4.90. The first-order chi connectivity index (χ1) is 9.92. The Morgan fingerprint density at radius 2 is 2.05 bits per heavy atom. The van der Waals surface area contributed by atoms with E-state index in [4.69, 9.17) is 11.6 Å². The zero-order valence-corrected chi connectivity index (χ0v) is 14.2. The number of rotatable bonds is 4. The second kappa shape index (κ2) is 6.53. The lowest BCUT2D eigenvalue weighted by atomic mass is 9.86. The average Bonchev–Trinajstić information content (AvgIpc) is 2.49. The van der Waals surface area contributed by atoms with Crippen LogP contribution in [0.2, 0.25) is 5.02 Å². The van der Waals surface area contributed by atoms with Gasteiger partial charge >= 0.3 is 0 Å². The molecule has 2 rings (SSSR count). The number of nitrogens with zero attached hydrogens (tertiary/aromatic N) is 1. The molecule has 0 saturated carbocycles. The molecule has 1 saturated heterocycles. The van der Waals surface area contributed by atoms with Crippen LogP contribution in [0.1, 0.15) is 40.5 Å². The van der Waals surface area contributed by atoms with Crippen molar-refractivity contribution in [1.29, 1.82) is 0 Å². The van der Waals surface area contributed by atoms with Gasteiger partial charge in [0, 0.05) is 24.7 Å². The van der Waals surface area contributed by atoms with E-state index in [-0.39, 0.29) is 11.4 Å². The monoisotopic (exact) mass is 312 g/mol. The molecule has 1 aliphatic heterocycles. The molecule has 1 N–H and O–H groups in total. The van der Waals surface area contributed by atoms with Crippen molar-refractivity contribution >= 4 is 17.3 Å². The van der Waals surface area contributed by atoms with Gasteiger partial charge in [-0.2, -0.15) is 0 Å². The second-order valence-corrected chi connectivity index (χ2v) is 6.81. The smallest absolute Gasteiger partial charge is 0.125 e. The van der Waals surface area contributed by atoms with E-state index in [1.54, 1.807) is 12.1 Å². The number of hydrogen-bond acceptors (Lipinski definition) is 2. The molecular weight excluding hydrogens is 287 g/mol. The molecule has 1 unspecified atom stereocenters. The maximum Gasteiger partial charge on any atom is 0.125 e. The molecular formula is C17H26ClFN2. The molecule has 0 spiro atoms. The van der Waals surface area contributed by atoms with Gasteiger partial charge in [-0.15, -0.1) is 0 Å². The summed E-state index contributed by atoms with van der Waals surface area (Å²) in [5.74, 6) is 0.248. The molecule has 1 aromatic carbocycles. The van der Waals surface area contributed by atoms with E-state index >= 15 is 0 Å². The predicted molar refractivity (Wildman–Crippen MR) is 88.7 cm³/mol. The zero-order chi connectivity index (χ0) is 15.6. The summed E-state index contributed by atoms with van der Waals surface area (Å²) in [6.07, 6.45) is 2.11. The van der Waals surface area contributed by atoms with Gasteiger partial charge in [-0.3, -0.25) is 0 Å². The van der Waals surface area contributed by atoms with Gasteiger partial charge in [0.2, 0.25) is 0 Å². The molecule has 0 amide bonds. The molecule has 1 fully saturated rings. The average molecular weight is 313 g/mol. The fourth-order valence-corrected chi connectivity index (χ4v) is 3.45. The predicted octanol–water partition coefficient (Wildman–Crippen LogP) is 4.47. The van der Waals surface area contributed by atoms with Crippen LogP contribution in [0.5, 0.6) is 0 Å². The van der Waals surface area contributed by atoms with E-state index in [0.29, 0.717) is 17.0 Å². The summed E-state index contributed by atoms with van der Waals surface area (Å²) >= 11 is 6.35. The first-order valence-corrected chi connectivity index (χ1v) is 8.27. The number of anilines is 1. The lowest BCUT2D eigenvalue weighted by Gasteiger charge is -2.50. The molecule has 1 aromatic rings. The largest absolute Gasteiger partial charge is 0.364 e. The van der Waals surface area contributed by atoms with Crippen molar-refractivity contribution in [2.24, 2.45) is 5.92 Å². The molecule has 0 bridgehead atoms. The van der Waals surface area contributed by atoms with E-state index in [1.807, 2.05) is 0 Å². The van der Waals surface area contributed by atoms with E-state index in [0.717, 1.165) is 31.6 Å². The Hall–Kier alpha value is -0.800. The Morgan fingerprint density at radius 3 is 2.62 bits per heavy atom. The van der Waals surface area contributed by atoms with Crippen molar-refractivity contribution in [2.75, 3.05) is 18.0 Å². The lowest BCUT2D eigenvalue weighted by molar-refractivity contribution is 0.227. The number of halogens is 2. The number of hydrogen-bond donors (Lipinski definition) is 1. The molecule has 21 heavy (non-hydrogen) atoms. The van der Waals surface area contributed by atoms with Crippen LogP contribution < -0.4 is 10.2 Å². The number of nitrogens with one attached hydrogen (secondary N) is 1. The summed E-state index contributed by atoms with van der Waals surface area (Å²) in [7, 11) is 0. The van der Waals surface area contributed by atoms with Gasteiger partial charge in [0.1, 0.15) is 5.82 Å². The van der Waals surface area contributed by atoms with Gasteiger partial charge in [-0.25, -0.2) is 4.39 Å². The highest BCUT2D eigenvalue weighted by Crippen LogP contribution is 2.34. The summed E-state index contributed by atoms with van der Waals surface area (Å²) in [6.45, 7) is 10.6. The topological polar surface area (TPSA) is 15.3 Å². The van der Waals surface area contributed by atoms with Crippen LogP contribution in [0.15, 0.2) is 18.2 Å². The van der Waals surface area contributed by atoms with Gasteiger partial charge < -0.3 is 10.2 Å². The van der Waals surface area contributed by atoms with Crippen LogP contribution >= 0.6 is 11.6 Å². The van der Waals surface area contributed by atoms with Crippen LogP contribution in [0.4, 0.5) is 10.1 Å². The summed E-state index contributed by atoms with van der Waals surface area (Å²) in [5.41, 5.74) is 0.907. The molecule has 118 valence electrons. The molecule has 1 heterocycles. The van der Waals surface area contributed by atoms with Crippen molar-refractivity contribution in [3.8, 4) is 0 Å². The SMILES string of the molecule is CCC1(CC)CN(c2cc(F)ccc2Cl)C(C(C)C)CN1. The van der Waals surface area contributed by atoms with Crippen LogP contribution in [0, 0.1) is 11.7 Å². The standard InChI is InChI=1S/C17H26ClFN2/c1-5-17(6-2)11-21(16(10-20-17)12(3)4)15-9-13(19)7-8-14(15)18/h7-9,12,16,20H,5-6,10-11H2,1-4H3. The summed E-state index contributed by atoms with van der Waals surface area (Å²) in [4.78, 5) is 2.31. The van der Waals surface area contributed by atoms with Crippen molar-refractivity contribution < 1.29 is 4.39 Å². The minimum absolute atomic E-state index is 0.0844. The van der Waals surface area contributed by atoms with Gasteiger partial charge in [0.05, 0.1) is 10.7 Å². The van der Waals surface area contributed by atoms with E-state index in [2.05, 4.69) is 37.9 Å². The van der Waals surface area contributed by atoms with Crippen molar-refractivity contribution in [1.82, 2.24) is 5.32 Å². The molecule has 0 aromatic heterocycles. The molecule has 1 atom stereocenters.